The molecule has 3 aromatic rings. The summed E-state index contributed by atoms with van der Waals surface area (Å²) in [7, 11) is 2.08. The fourth-order valence-corrected chi connectivity index (χ4v) is 4.44. The Morgan fingerprint density at radius 2 is 1.66 bits per heavy atom. The Balaban J connectivity index is 1.68. The second kappa shape index (κ2) is 7.09. The van der Waals surface area contributed by atoms with Crippen LogP contribution in [0.3, 0.4) is 0 Å². The molecule has 0 unspecified atom stereocenters. The highest BCUT2D eigenvalue weighted by atomic mass is 14.9. The van der Waals surface area contributed by atoms with Crippen molar-refractivity contribution in [2.45, 2.75) is 53.4 Å². The number of aryl methyl sites for hydroxylation is 2. The number of rotatable bonds is 3. The minimum Gasteiger partial charge on any atom is -0.260 e. The molecule has 0 saturated heterocycles. The van der Waals surface area contributed by atoms with Crippen LogP contribution >= 0.6 is 0 Å². The van der Waals surface area contributed by atoms with Crippen LogP contribution in [0.2, 0.25) is 0 Å². The van der Waals surface area contributed by atoms with Gasteiger partial charge in [0.1, 0.15) is 7.05 Å². The van der Waals surface area contributed by atoms with E-state index in [9.17, 15) is 0 Å². The number of benzene rings is 1. The molecule has 29 heavy (non-hydrogen) atoms. The Kier molecular flexibility index (Phi) is 4.53. The molecule has 2 heteroatoms. The molecule has 0 aliphatic heterocycles. The van der Waals surface area contributed by atoms with Crippen molar-refractivity contribution < 1.29 is 5.94 Å². The van der Waals surface area contributed by atoms with Gasteiger partial charge in [-0.2, -0.15) is 0 Å². The summed E-state index contributed by atoms with van der Waals surface area (Å²) in [6.07, 6.45) is 5.75. The molecular formula is C27H33N2+. The van der Waals surface area contributed by atoms with E-state index in [4.69, 9.17) is 6.35 Å². The summed E-state index contributed by atoms with van der Waals surface area (Å²) in [6.45, 7) is 11.3. The maximum absolute atomic E-state index is 9.14. The van der Waals surface area contributed by atoms with Crippen LogP contribution in [-0.2, 0) is 7.05 Å². The third-order valence-electron chi connectivity index (χ3n) is 7.17. The van der Waals surface area contributed by atoms with Gasteiger partial charge in [0.15, 0.2) is 6.20 Å². The fourth-order valence-electron chi connectivity index (χ4n) is 4.44. The number of hydrogen-bond donors (Lipinski definition) is 0. The predicted octanol–water partition coefficient (Wildman–Crippen LogP) is 6.48. The molecule has 150 valence electrons. The van der Waals surface area contributed by atoms with Crippen LogP contribution in [0.1, 0.15) is 59.1 Å². The second-order valence-electron chi connectivity index (χ2n) is 9.88. The van der Waals surface area contributed by atoms with E-state index in [-0.39, 0.29) is 10.8 Å². The lowest BCUT2D eigenvalue weighted by Gasteiger charge is -2.34. The molecule has 2 nitrogen and oxygen atoms in total. The summed E-state index contributed by atoms with van der Waals surface area (Å²) in [5.74, 6) is -0.610. The zero-order valence-electron chi connectivity index (χ0n) is 19.6. The summed E-state index contributed by atoms with van der Waals surface area (Å²) in [5.41, 5.74) is 7.09. The molecule has 1 aliphatic carbocycles. The van der Waals surface area contributed by atoms with Gasteiger partial charge in [-0.3, -0.25) is 4.98 Å². The first-order valence-corrected chi connectivity index (χ1v) is 10.6. The topological polar surface area (TPSA) is 16.8 Å². The van der Waals surface area contributed by atoms with Crippen molar-refractivity contribution in [2.75, 3.05) is 0 Å². The Morgan fingerprint density at radius 1 is 0.966 bits per heavy atom. The van der Waals surface area contributed by atoms with Crippen molar-refractivity contribution in [3.63, 3.8) is 0 Å². The summed E-state index contributed by atoms with van der Waals surface area (Å²) in [6, 6.07) is 17.1. The Labute approximate surface area is 177 Å². The van der Waals surface area contributed by atoms with Gasteiger partial charge < -0.3 is 0 Å². The maximum atomic E-state index is 9.14. The van der Waals surface area contributed by atoms with E-state index in [0.717, 1.165) is 29.7 Å². The summed E-state index contributed by atoms with van der Waals surface area (Å²) >= 11 is 0. The minimum atomic E-state index is -0.610. The van der Waals surface area contributed by atoms with Crippen LogP contribution in [0.5, 0.6) is 0 Å². The first-order valence-electron chi connectivity index (χ1n) is 11.1. The van der Waals surface area contributed by atoms with Gasteiger partial charge in [0.05, 0.1) is 0 Å². The van der Waals surface area contributed by atoms with Crippen molar-refractivity contribution in [2.24, 2.45) is 17.9 Å². The average molecular weight is 387 g/mol. The zero-order valence-corrected chi connectivity index (χ0v) is 18.6. The standard InChI is InChI=1S/C27H33N2/c1-19-9-7-8-10-23(19)25-15-20(13-14-29(25)6)21-11-12-24(28-18-21)22-16-26(2,3)27(4,5)17-22/h7-15,18,22H,16-17H2,1-6H3/q+1/i22D. The number of aromatic nitrogens is 2. The van der Waals surface area contributed by atoms with Crippen LogP contribution in [0.4, 0.5) is 0 Å². The van der Waals surface area contributed by atoms with Gasteiger partial charge in [-0.05, 0) is 53.9 Å². The quantitative estimate of drug-likeness (QED) is 0.471. The van der Waals surface area contributed by atoms with E-state index in [1.54, 1.807) is 0 Å². The van der Waals surface area contributed by atoms with Crippen molar-refractivity contribution in [3.05, 3.63) is 72.2 Å². The fraction of sp³-hybridized carbons (Fsp3) is 0.407. The summed E-state index contributed by atoms with van der Waals surface area (Å²) in [4.78, 5) is 4.79. The predicted molar refractivity (Wildman–Crippen MR) is 121 cm³/mol. The van der Waals surface area contributed by atoms with Crippen LogP contribution in [0, 0.1) is 17.8 Å². The summed E-state index contributed by atoms with van der Waals surface area (Å²) in [5, 5.41) is 0. The molecule has 0 radical (unpaired) electrons. The smallest absolute Gasteiger partial charge is 0.213 e. The SMILES string of the molecule is [2H]C1(c2ccc(-c3cc[n+](C)c(-c4ccccc4C)c3)cn2)CC(C)(C)C(C)(C)C1. The maximum Gasteiger partial charge on any atom is 0.213 e. The molecule has 2 heterocycles. The van der Waals surface area contributed by atoms with E-state index >= 15 is 0 Å². The lowest BCUT2D eigenvalue weighted by Crippen LogP contribution is -2.30. The molecule has 2 aromatic heterocycles. The van der Waals surface area contributed by atoms with Crippen LogP contribution < -0.4 is 4.57 Å². The Hall–Kier alpha value is -2.48. The second-order valence-corrected chi connectivity index (χ2v) is 9.88. The highest BCUT2D eigenvalue weighted by molar-refractivity contribution is 5.69. The van der Waals surface area contributed by atoms with E-state index in [2.05, 4.69) is 101 Å². The minimum absolute atomic E-state index is 0.131. The van der Waals surface area contributed by atoms with Gasteiger partial charge in [0.25, 0.3) is 0 Å². The largest absolute Gasteiger partial charge is 0.260 e. The average Bonchev–Trinajstić information content (AvgIpc) is 2.86. The molecule has 0 spiro atoms. The normalized spacial score (nSPS) is 19.7. The van der Waals surface area contributed by atoms with Crippen LogP contribution in [-0.4, -0.2) is 4.98 Å². The number of nitrogens with zero attached hydrogens (tertiary/aromatic N) is 2. The van der Waals surface area contributed by atoms with Gasteiger partial charge in [0, 0.05) is 42.4 Å². The van der Waals surface area contributed by atoms with Crippen LogP contribution in [0.25, 0.3) is 22.4 Å². The zero-order chi connectivity index (χ0) is 21.7. The molecule has 1 aromatic carbocycles. The highest BCUT2D eigenvalue weighted by Gasteiger charge is 2.46. The molecule has 1 saturated carbocycles. The lowest BCUT2D eigenvalue weighted by atomic mass is 9.71. The van der Waals surface area contributed by atoms with Gasteiger partial charge in [-0.25, -0.2) is 4.57 Å². The van der Waals surface area contributed by atoms with Gasteiger partial charge in [-0.15, -0.1) is 0 Å². The van der Waals surface area contributed by atoms with Gasteiger partial charge >= 0.3 is 0 Å². The van der Waals surface area contributed by atoms with E-state index < -0.39 is 5.89 Å². The molecule has 1 aliphatic rings. The first kappa shape index (κ1) is 18.5. The number of hydrogen-bond acceptors (Lipinski definition) is 1. The lowest BCUT2D eigenvalue weighted by molar-refractivity contribution is -0.660. The van der Waals surface area contributed by atoms with Crippen molar-refractivity contribution in [1.82, 2.24) is 4.98 Å². The van der Waals surface area contributed by atoms with Gasteiger partial charge in [0.2, 0.25) is 5.69 Å². The molecule has 4 rings (SSSR count). The third-order valence-corrected chi connectivity index (χ3v) is 7.17. The molecule has 1 fully saturated rings. The molecule has 0 N–H and O–H groups in total. The molecular weight excluding hydrogens is 352 g/mol. The van der Waals surface area contributed by atoms with E-state index in [1.807, 2.05) is 6.20 Å². The molecule has 0 bridgehead atoms. The highest BCUT2D eigenvalue weighted by Crippen LogP contribution is 2.57. The van der Waals surface area contributed by atoms with E-state index in [1.165, 1.54) is 16.8 Å². The van der Waals surface area contributed by atoms with E-state index in [0.29, 0.717) is 0 Å². The number of pyridine rings is 2. The van der Waals surface area contributed by atoms with Crippen molar-refractivity contribution in [1.29, 1.82) is 0 Å². The first-order chi connectivity index (χ1) is 14.0. The summed E-state index contributed by atoms with van der Waals surface area (Å²) < 4.78 is 11.3. The third kappa shape index (κ3) is 3.61. The van der Waals surface area contributed by atoms with Crippen LogP contribution in [0.15, 0.2) is 60.9 Å². The van der Waals surface area contributed by atoms with Gasteiger partial charge in [-0.1, -0.05) is 52.0 Å². The monoisotopic (exact) mass is 386 g/mol. The Bertz CT molecular complexity index is 1060. The Morgan fingerprint density at radius 3 is 2.28 bits per heavy atom. The van der Waals surface area contributed by atoms with Crippen molar-refractivity contribution in [3.8, 4) is 22.4 Å². The van der Waals surface area contributed by atoms with Crippen molar-refractivity contribution >= 4 is 0 Å². The molecule has 0 amide bonds. The molecule has 0 atom stereocenters.